The van der Waals surface area contributed by atoms with E-state index in [1.807, 2.05) is 0 Å². The molecule has 4 aromatic rings. The fourth-order valence-electron chi connectivity index (χ4n) is 3.40. The van der Waals surface area contributed by atoms with Crippen molar-refractivity contribution in [1.82, 2.24) is 30.2 Å². The smallest absolute Gasteiger partial charge is 0.417 e. The number of aliphatic hydroxyl groups is 1. The van der Waals surface area contributed by atoms with Crippen molar-refractivity contribution >= 4 is 11.6 Å². The summed E-state index contributed by atoms with van der Waals surface area (Å²) in [5.41, 5.74) is -5.55. The quantitative estimate of drug-likeness (QED) is 0.325. The van der Waals surface area contributed by atoms with Crippen LogP contribution in [-0.4, -0.2) is 35.3 Å². The van der Waals surface area contributed by atoms with Crippen molar-refractivity contribution in [3.63, 3.8) is 0 Å². The number of benzene rings is 1. The third-order valence-electron chi connectivity index (χ3n) is 5.28. The molecule has 8 nitrogen and oxygen atoms in total. The predicted molar refractivity (Wildman–Crippen MR) is 115 cm³/mol. The molecule has 3 heterocycles. The van der Waals surface area contributed by atoms with Crippen LogP contribution in [0.15, 0.2) is 55.1 Å². The van der Waals surface area contributed by atoms with Gasteiger partial charge in [-0.15, -0.1) is 5.10 Å². The Labute approximate surface area is 209 Å². The molecule has 0 aliphatic carbocycles. The van der Waals surface area contributed by atoms with E-state index in [0.717, 1.165) is 41.5 Å². The molecule has 3 aromatic heterocycles. The highest BCUT2D eigenvalue weighted by molar-refractivity contribution is 6.31. The SMILES string of the molecule is Cc1ccc(C(O)(Cn2cnnn2)C(F)(F)c2ccc(Oc3ncc(C(F)(F)F)cc3Cl)cn2)c(F)c1. The number of rotatable bonds is 7. The van der Waals surface area contributed by atoms with E-state index < -0.39 is 57.8 Å². The monoisotopic (exact) mass is 544 g/mol. The van der Waals surface area contributed by atoms with Crippen LogP contribution in [0.2, 0.25) is 5.02 Å². The average molecular weight is 545 g/mol. The Bertz CT molecular complexity index is 1400. The van der Waals surface area contributed by atoms with Gasteiger partial charge in [0.2, 0.25) is 5.88 Å². The minimum absolute atomic E-state index is 0.195. The molecule has 0 spiro atoms. The van der Waals surface area contributed by atoms with Crippen LogP contribution >= 0.6 is 11.6 Å². The fraction of sp³-hybridized carbons (Fsp3) is 0.227. The van der Waals surface area contributed by atoms with Crippen molar-refractivity contribution in [2.75, 3.05) is 0 Å². The van der Waals surface area contributed by atoms with Crippen molar-refractivity contribution in [3.8, 4) is 11.6 Å². The molecule has 0 fully saturated rings. The number of hydrogen-bond donors (Lipinski definition) is 1. The summed E-state index contributed by atoms with van der Waals surface area (Å²) in [6.07, 6.45) is -2.40. The maximum Gasteiger partial charge on any atom is 0.417 e. The highest BCUT2D eigenvalue weighted by atomic mass is 35.5. The van der Waals surface area contributed by atoms with Gasteiger partial charge >= 0.3 is 12.1 Å². The van der Waals surface area contributed by atoms with E-state index >= 15 is 8.78 Å². The van der Waals surface area contributed by atoms with Crippen molar-refractivity contribution in [2.45, 2.75) is 31.2 Å². The second-order valence-electron chi connectivity index (χ2n) is 7.92. The number of halogens is 7. The number of ether oxygens (including phenoxy) is 1. The van der Waals surface area contributed by atoms with Gasteiger partial charge in [-0.05, 0) is 47.2 Å². The Balaban J connectivity index is 1.67. The van der Waals surface area contributed by atoms with Gasteiger partial charge in [0.1, 0.15) is 28.6 Å². The van der Waals surface area contributed by atoms with Crippen LogP contribution in [0.25, 0.3) is 0 Å². The van der Waals surface area contributed by atoms with Crippen LogP contribution in [0.1, 0.15) is 22.4 Å². The van der Waals surface area contributed by atoms with Crippen LogP contribution in [0, 0.1) is 12.7 Å². The summed E-state index contributed by atoms with van der Waals surface area (Å²) < 4.78 is 90.8. The van der Waals surface area contributed by atoms with E-state index in [4.69, 9.17) is 16.3 Å². The molecule has 1 unspecified atom stereocenters. The maximum absolute atomic E-state index is 15.8. The van der Waals surface area contributed by atoms with E-state index in [1.165, 1.54) is 6.07 Å². The van der Waals surface area contributed by atoms with Crippen molar-refractivity contribution in [2.24, 2.45) is 0 Å². The summed E-state index contributed by atoms with van der Waals surface area (Å²) in [4.78, 5) is 7.13. The molecule has 4 rings (SSSR count). The molecule has 15 heteroatoms. The lowest BCUT2D eigenvalue weighted by molar-refractivity contribution is -0.207. The molecule has 0 saturated carbocycles. The topological polar surface area (TPSA) is 98.8 Å². The first-order chi connectivity index (χ1) is 17.3. The maximum atomic E-state index is 15.8. The molecule has 0 radical (unpaired) electrons. The second kappa shape index (κ2) is 9.59. The number of nitrogens with zero attached hydrogens (tertiary/aromatic N) is 6. The minimum Gasteiger partial charge on any atom is -0.436 e. The van der Waals surface area contributed by atoms with Crippen molar-refractivity contribution in [1.29, 1.82) is 0 Å². The number of aryl methyl sites for hydroxylation is 1. The standard InChI is InChI=1S/C22H15ClF6N6O2/c1-12-2-4-15(17(24)6-12)20(36,10-35-11-32-33-34-35)21(25,26)18-5-3-14(9-30-18)37-19-16(23)7-13(8-31-19)22(27,28)29/h2-9,11,36H,10H2,1H3. The lowest BCUT2D eigenvalue weighted by atomic mass is 9.84. The minimum atomic E-state index is -4.68. The number of tetrazole rings is 1. The van der Waals surface area contributed by atoms with Gasteiger partial charge < -0.3 is 9.84 Å². The summed E-state index contributed by atoms with van der Waals surface area (Å²) in [5.74, 6) is -5.90. The number of aromatic nitrogens is 6. The predicted octanol–water partition coefficient (Wildman–Crippen LogP) is 5.05. The van der Waals surface area contributed by atoms with Crippen molar-refractivity contribution in [3.05, 3.63) is 88.3 Å². The zero-order valence-corrected chi connectivity index (χ0v) is 19.3. The van der Waals surface area contributed by atoms with Gasteiger partial charge in [0.15, 0.2) is 5.60 Å². The lowest BCUT2D eigenvalue weighted by Gasteiger charge is -2.35. The summed E-state index contributed by atoms with van der Waals surface area (Å²) >= 11 is 5.80. The number of pyridine rings is 2. The van der Waals surface area contributed by atoms with Gasteiger partial charge in [-0.1, -0.05) is 23.7 Å². The first-order valence-corrected chi connectivity index (χ1v) is 10.6. The van der Waals surface area contributed by atoms with E-state index in [1.54, 1.807) is 6.92 Å². The van der Waals surface area contributed by atoms with E-state index in [-0.39, 0.29) is 5.75 Å². The summed E-state index contributed by atoms with van der Waals surface area (Å²) in [5, 5.41) is 20.9. The zero-order valence-electron chi connectivity index (χ0n) is 18.6. The van der Waals surface area contributed by atoms with Crippen LogP contribution in [-0.2, 0) is 24.2 Å². The molecule has 1 N–H and O–H groups in total. The Morgan fingerprint density at radius 1 is 1.03 bits per heavy atom. The Morgan fingerprint density at radius 2 is 1.78 bits per heavy atom. The summed E-state index contributed by atoms with van der Waals surface area (Å²) in [6, 6.07) is 5.76. The van der Waals surface area contributed by atoms with E-state index in [9.17, 15) is 22.7 Å². The molecule has 37 heavy (non-hydrogen) atoms. The molecule has 194 valence electrons. The molecule has 0 bridgehead atoms. The first-order valence-electron chi connectivity index (χ1n) is 10.3. The molecule has 1 aromatic carbocycles. The van der Waals surface area contributed by atoms with E-state index in [2.05, 4.69) is 25.5 Å². The van der Waals surface area contributed by atoms with Crippen LogP contribution < -0.4 is 4.74 Å². The van der Waals surface area contributed by atoms with Crippen LogP contribution in [0.4, 0.5) is 26.3 Å². The Hall–Kier alpha value is -3.78. The van der Waals surface area contributed by atoms with Gasteiger partial charge in [-0.3, -0.25) is 4.98 Å². The molecule has 0 amide bonds. The number of hydrogen-bond acceptors (Lipinski definition) is 7. The fourth-order valence-corrected chi connectivity index (χ4v) is 3.61. The molecule has 0 saturated heterocycles. The zero-order chi connectivity index (χ0) is 27.0. The van der Waals surface area contributed by atoms with Gasteiger partial charge in [-0.25, -0.2) is 14.1 Å². The van der Waals surface area contributed by atoms with Gasteiger partial charge in [0.25, 0.3) is 0 Å². The molecule has 1 atom stereocenters. The summed E-state index contributed by atoms with van der Waals surface area (Å²) in [7, 11) is 0. The average Bonchev–Trinajstić information content (AvgIpc) is 3.32. The third kappa shape index (κ3) is 5.20. The first kappa shape index (κ1) is 26.3. The normalized spacial score (nSPS) is 13.9. The van der Waals surface area contributed by atoms with Crippen LogP contribution in [0.5, 0.6) is 11.6 Å². The summed E-state index contributed by atoms with van der Waals surface area (Å²) in [6.45, 7) is 0.613. The Morgan fingerprint density at radius 3 is 2.35 bits per heavy atom. The van der Waals surface area contributed by atoms with E-state index in [0.29, 0.717) is 17.8 Å². The molecule has 0 aliphatic heterocycles. The van der Waals surface area contributed by atoms with Gasteiger partial charge in [-0.2, -0.15) is 22.0 Å². The number of alkyl halides is 5. The lowest BCUT2D eigenvalue weighted by Crippen LogP contribution is -2.48. The van der Waals surface area contributed by atoms with Gasteiger partial charge in [0, 0.05) is 11.8 Å². The largest absolute Gasteiger partial charge is 0.436 e. The highest BCUT2D eigenvalue weighted by Crippen LogP contribution is 2.47. The van der Waals surface area contributed by atoms with Crippen molar-refractivity contribution < 1.29 is 36.2 Å². The van der Waals surface area contributed by atoms with Gasteiger partial charge in [0.05, 0.1) is 18.3 Å². The molecular formula is C22H15ClF6N6O2. The second-order valence-corrected chi connectivity index (χ2v) is 8.32. The third-order valence-corrected chi connectivity index (χ3v) is 5.55. The Kier molecular flexibility index (Phi) is 6.81. The highest BCUT2D eigenvalue weighted by Gasteiger charge is 2.58. The van der Waals surface area contributed by atoms with Crippen LogP contribution in [0.3, 0.4) is 0 Å². The molecular weight excluding hydrogens is 530 g/mol. The molecule has 0 aliphatic rings.